The summed E-state index contributed by atoms with van der Waals surface area (Å²) in [6.07, 6.45) is 3.86. The van der Waals surface area contributed by atoms with Crippen LogP contribution in [0.2, 0.25) is 0 Å². The Hall–Kier alpha value is -5.20. The lowest BCUT2D eigenvalue weighted by Gasteiger charge is -2.36. The molecular formula is C34H25N3O3. The van der Waals surface area contributed by atoms with E-state index < -0.39 is 29.4 Å². The number of benzene rings is 4. The number of fused-ring (bicyclic) bond motifs is 5. The van der Waals surface area contributed by atoms with Gasteiger partial charge < -0.3 is 9.64 Å². The first-order valence-corrected chi connectivity index (χ1v) is 13.2. The Bertz CT molecular complexity index is 1750. The summed E-state index contributed by atoms with van der Waals surface area (Å²) >= 11 is 0. The molecule has 0 bridgehead atoms. The van der Waals surface area contributed by atoms with Crippen LogP contribution in [0.4, 0.5) is 5.69 Å². The van der Waals surface area contributed by atoms with Crippen LogP contribution in [0.15, 0.2) is 97.1 Å². The summed E-state index contributed by atoms with van der Waals surface area (Å²) in [6, 6.07) is 30.9. The molecule has 2 heterocycles. The molecule has 6 rings (SSSR count). The maximum absolute atomic E-state index is 14.6. The summed E-state index contributed by atoms with van der Waals surface area (Å²) < 4.78 is 5.16. The summed E-state index contributed by atoms with van der Waals surface area (Å²) in [7, 11) is 0. The first kappa shape index (κ1) is 25.1. The number of hydrogen-bond acceptors (Lipinski definition) is 6. The Morgan fingerprint density at radius 3 is 2.38 bits per heavy atom. The molecule has 4 aromatic carbocycles. The second kappa shape index (κ2) is 9.84. The third-order valence-corrected chi connectivity index (χ3v) is 8.00. The average molecular weight is 524 g/mol. The van der Waals surface area contributed by atoms with Crippen LogP contribution in [-0.2, 0) is 4.74 Å². The van der Waals surface area contributed by atoms with Crippen molar-refractivity contribution < 1.29 is 14.3 Å². The van der Waals surface area contributed by atoms with Gasteiger partial charge in [-0.3, -0.25) is 4.79 Å². The van der Waals surface area contributed by atoms with Gasteiger partial charge in [0.1, 0.15) is 6.04 Å². The van der Waals surface area contributed by atoms with Gasteiger partial charge in [0.2, 0.25) is 0 Å². The Kier molecular flexibility index (Phi) is 6.17. The first-order valence-electron chi connectivity index (χ1n) is 13.2. The van der Waals surface area contributed by atoms with Crippen molar-refractivity contribution >= 4 is 34.3 Å². The maximum Gasteiger partial charge on any atom is 0.338 e. The average Bonchev–Trinajstić information content (AvgIpc) is 3.32. The smallest absolute Gasteiger partial charge is 0.338 e. The number of ether oxygens (including phenoxy) is 1. The summed E-state index contributed by atoms with van der Waals surface area (Å²) in [5.74, 6) is -1.54. The van der Waals surface area contributed by atoms with Crippen LogP contribution in [-0.4, -0.2) is 30.4 Å². The number of carbonyl (C=O) groups excluding carboxylic acids is 2. The third kappa shape index (κ3) is 3.69. The Labute approximate surface area is 232 Å². The number of ketones is 1. The summed E-state index contributed by atoms with van der Waals surface area (Å²) in [6.45, 7) is 1.94. The highest BCUT2D eigenvalue weighted by molar-refractivity contribution is 6.07. The van der Waals surface area contributed by atoms with Crippen molar-refractivity contribution in [3.05, 3.63) is 119 Å². The van der Waals surface area contributed by atoms with Crippen LogP contribution in [0, 0.1) is 28.1 Å². The van der Waals surface area contributed by atoms with Gasteiger partial charge in [-0.1, -0.05) is 84.9 Å². The zero-order chi connectivity index (χ0) is 27.9. The molecule has 0 aromatic heterocycles. The number of anilines is 1. The van der Waals surface area contributed by atoms with Gasteiger partial charge >= 0.3 is 5.97 Å². The van der Waals surface area contributed by atoms with Crippen LogP contribution >= 0.6 is 0 Å². The van der Waals surface area contributed by atoms with Gasteiger partial charge in [0.05, 0.1) is 30.4 Å². The fraction of sp³-hybridized carbons (Fsp3) is 0.176. The van der Waals surface area contributed by atoms with Gasteiger partial charge in [-0.15, -0.1) is 0 Å². The fourth-order valence-electron chi connectivity index (χ4n) is 6.27. The lowest BCUT2D eigenvalue weighted by atomic mass is 9.69. The maximum atomic E-state index is 14.6. The van der Waals surface area contributed by atoms with Gasteiger partial charge in [0.25, 0.3) is 0 Å². The normalized spacial score (nSPS) is 20.2. The fourth-order valence-corrected chi connectivity index (χ4v) is 6.27. The van der Waals surface area contributed by atoms with E-state index in [0.717, 1.165) is 27.6 Å². The summed E-state index contributed by atoms with van der Waals surface area (Å²) in [5.41, 5.74) is 1.51. The second-order valence-electron chi connectivity index (χ2n) is 10.0. The van der Waals surface area contributed by atoms with E-state index in [1.165, 1.54) is 6.07 Å². The first-order chi connectivity index (χ1) is 19.5. The molecule has 0 N–H and O–H groups in total. The number of rotatable bonds is 5. The topological polar surface area (TPSA) is 94.2 Å². The van der Waals surface area contributed by atoms with Crippen LogP contribution < -0.4 is 4.90 Å². The van der Waals surface area contributed by atoms with Gasteiger partial charge in [-0.25, -0.2) is 4.79 Å². The predicted octanol–water partition coefficient (Wildman–Crippen LogP) is 6.30. The van der Waals surface area contributed by atoms with Crippen molar-refractivity contribution in [2.24, 2.45) is 5.41 Å². The Morgan fingerprint density at radius 1 is 0.900 bits per heavy atom. The summed E-state index contributed by atoms with van der Waals surface area (Å²) in [5, 5.41) is 23.4. The summed E-state index contributed by atoms with van der Waals surface area (Å²) in [4.78, 5) is 29.0. The van der Waals surface area contributed by atoms with Crippen LogP contribution in [0.3, 0.4) is 0 Å². The minimum atomic E-state index is -1.54. The van der Waals surface area contributed by atoms with E-state index in [1.807, 2.05) is 83.8 Å². The molecule has 6 heteroatoms. The number of hydrogen-bond donors (Lipinski definition) is 0. The van der Waals surface area contributed by atoms with Crippen molar-refractivity contribution in [2.45, 2.75) is 24.9 Å². The SMILES string of the molecule is CCOC(=O)c1cccc(C(=O)[C@H]2[C@H](c3ccccc3)C(C#N)(C#N)[C@H]3C=Cc4c(ccc5ccccc45)N23)c1. The van der Waals surface area contributed by atoms with Gasteiger partial charge in [0.15, 0.2) is 11.2 Å². The van der Waals surface area contributed by atoms with Crippen LogP contribution in [0.25, 0.3) is 16.8 Å². The second-order valence-corrected chi connectivity index (χ2v) is 10.0. The molecule has 40 heavy (non-hydrogen) atoms. The molecule has 0 unspecified atom stereocenters. The number of nitrogens with zero attached hydrogens (tertiary/aromatic N) is 3. The molecule has 2 aliphatic rings. The molecule has 4 aromatic rings. The number of nitriles is 2. The van der Waals surface area contributed by atoms with E-state index in [4.69, 9.17) is 4.74 Å². The lowest BCUT2D eigenvalue weighted by Crippen LogP contribution is -2.44. The van der Waals surface area contributed by atoms with E-state index in [2.05, 4.69) is 12.1 Å². The van der Waals surface area contributed by atoms with Gasteiger partial charge in [-0.2, -0.15) is 10.5 Å². The van der Waals surface area contributed by atoms with E-state index >= 15 is 0 Å². The van der Waals surface area contributed by atoms with E-state index in [9.17, 15) is 20.1 Å². The molecule has 194 valence electrons. The van der Waals surface area contributed by atoms with Gasteiger partial charge in [0, 0.05) is 22.7 Å². The molecule has 2 aliphatic heterocycles. The Morgan fingerprint density at radius 2 is 1.62 bits per heavy atom. The zero-order valence-corrected chi connectivity index (χ0v) is 21.8. The largest absolute Gasteiger partial charge is 0.462 e. The van der Waals surface area contributed by atoms with Crippen LogP contribution in [0.1, 0.15) is 44.7 Å². The molecule has 0 radical (unpaired) electrons. The minimum absolute atomic E-state index is 0.217. The molecule has 0 saturated carbocycles. The Balaban J connectivity index is 1.59. The van der Waals surface area contributed by atoms with Crippen molar-refractivity contribution in [3.63, 3.8) is 0 Å². The number of carbonyl (C=O) groups is 2. The van der Waals surface area contributed by atoms with Crippen molar-refractivity contribution in [2.75, 3.05) is 11.5 Å². The molecule has 3 atom stereocenters. The van der Waals surface area contributed by atoms with Crippen LogP contribution in [0.5, 0.6) is 0 Å². The standard InChI is InChI=1S/C34H25N3O3/c1-2-40-33(39)25-13-8-12-24(19-25)32(38)31-30(23-10-4-3-5-11-23)34(20-35,21-36)29-18-16-27-26-14-7-6-9-22(26)15-17-28(27)37(29)31/h3-19,29-31H,2H2,1H3/t29-,30+,31-/m1/s1. The van der Waals surface area contributed by atoms with Crippen molar-refractivity contribution in [1.29, 1.82) is 10.5 Å². The number of esters is 1. The highest BCUT2D eigenvalue weighted by Gasteiger charge is 2.63. The van der Waals surface area contributed by atoms with E-state index in [1.54, 1.807) is 25.1 Å². The zero-order valence-electron chi connectivity index (χ0n) is 21.8. The molecule has 1 fully saturated rings. The number of Topliss-reactive ketones (excluding diaryl/α,β-unsaturated/α-hetero) is 1. The molecule has 0 amide bonds. The highest BCUT2D eigenvalue weighted by Crippen LogP contribution is 2.56. The van der Waals surface area contributed by atoms with Gasteiger partial charge in [-0.05, 0) is 41.5 Å². The molecular weight excluding hydrogens is 498 g/mol. The molecule has 1 saturated heterocycles. The van der Waals surface area contributed by atoms with E-state index in [-0.39, 0.29) is 18.0 Å². The predicted molar refractivity (Wildman–Crippen MR) is 153 cm³/mol. The minimum Gasteiger partial charge on any atom is -0.462 e. The van der Waals surface area contributed by atoms with E-state index in [0.29, 0.717) is 5.56 Å². The quantitative estimate of drug-likeness (QED) is 0.225. The molecule has 0 aliphatic carbocycles. The molecule has 6 nitrogen and oxygen atoms in total. The van der Waals surface area contributed by atoms with Crippen molar-refractivity contribution in [3.8, 4) is 12.1 Å². The monoisotopic (exact) mass is 523 g/mol. The molecule has 0 spiro atoms. The van der Waals surface area contributed by atoms with Crippen molar-refractivity contribution in [1.82, 2.24) is 0 Å². The third-order valence-electron chi connectivity index (χ3n) is 8.00. The highest BCUT2D eigenvalue weighted by atomic mass is 16.5. The lowest BCUT2D eigenvalue weighted by molar-refractivity contribution is 0.0526.